The number of rotatable bonds is 4. The Morgan fingerprint density at radius 3 is 2.81 bits per heavy atom. The SMILES string of the molecule is O=C(Cn1ccc2ccccc21)N1CCC(Cc2cccnc2)C1.O=CO. The highest BCUT2D eigenvalue weighted by molar-refractivity contribution is 5.83. The van der Waals surface area contributed by atoms with Crippen molar-refractivity contribution >= 4 is 23.3 Å². The van der Waals surface area contributed by atoms with Crippen LogP contribution in [-0.2, 0) is 22.6 Å². The Morgan fingerprint density at radius 2 is 2.04 bits per heavy atom. The van der Waals surface area contributed by atoms with Crippen LogP contribution in [0.2, 0.25) is 0 Å². The summed E-state index contributed by atoms with van der Waals surface area (Å²) in [5, 5.41) is 8.07. The number of hydrogen-bond donors (Lipinski definition) is 1. The predicted octanol–water partition coefficient (Wildman–Crippen LogP) is 2.83. The molecule has 1 aliphatic rings. The van der Waals surface area contributed by atoms with Crippen molar-refractivity contribution in [3.63, 3.8) is 0 Å². The number of likely N-dealkylation sites (tertiary alicyclic amines) is 1. The minimum absolute atomic E-state index is 0.213. The first-order valence-corrected chi connectivity index (χ1v) is 8.99. The number of carbonyl (C=O) groups is 2. The summed E-state index contributed by atoms with van der Waals surface area (Å²) in [5.41, 5.74) is 2.38. The van der Waals surface area contributed by atoms with Gasteiger partial charge in [-0.2, -0.15) is 0 Å². The lowest BCUT2D eigenvalue weighted by Gasteiger charge is -2.17. The van der Waals surface area contributed by atoms with Crippen LogP contribution in [0.3, 0.4) is 0 Å². The van der Waals surface area contributed by atoms with Crippen LogP contribution >= 0.6 is 0 Å². The summed E-state index contributed by atoms with van der Waals surface area (Å²) in [6.07, 6.45) is 7.81. The van der Waals surface area contributed by atoms with Gasteiger partial charge in [-0.3, -0.25) is 14.6 Å². The fraction of sp³-hybridized carbons (Fsp3) is 0.286. The molecule has 27 heavy (non-hydrogen) atoms. The van der Waals surface area contributed by atoms with Crippen LogP contribution in [0.4, 0.5) is 0 Å². The number of nitrogens with zero attached hydrogens (tertiary/aromatic N) is 3. The molecule has 3 heterocycles. The van der Waals surface area contributed by atoms with Crippen molar-refractivity contribution < 1.29 is 14.7 Å². The molecule has 4 rings (SSSR count). The quantitative estimate of drug-likeness (QED) is 0.722. The molecule has 1 aromatic carbocycles. The second-order valence-corrected chi connectivity index (χ2v) is 6.67. The highest BCUT2D eigenvalue weighted by Crippen LogP contribution is 2.22. The molecule has 0 bridgehead atoms. The third-order valence-electron chi connectivity index (χ3n) is 4.87. The van der Waals surface area contributed by atoms with Gasteiger partial charge in [0.25, 0.3) is 6.47 Å². The Balaban J connectivity index is 0.000000659. The molecule has 140 valence electrons. The van der Waals surface area contributed by atoms with E-state index in [1.807, 2.05) is 40.1 Å². The highest BCUT2D eigenvalue weighted by Gasteiger charge is 2.26. The Hall–Kier alpha value is -3.15. The van der Waals surface area contributed by atoms with Crippen LogP contribution in [0.1, 0.15) is 12.0 Å². The number of pyridine rings is 1. The average molecular weight is 365 g/mol. The molecule has 3 aromatic rings. The van der Waals surface area contributed by atoms with Gasteiger partial charge in [0.2, 0.25) is 5.91 Å². The number of carbonyl (C=O) groups excluding carboxylic acids is 1. The zero-order chi connectivity index (χ0) is 19.1. The maximum Gasteiger partial charge on any atom is 0.290 e. The molecule has 1 fully saturated rings. The molecule has 6 heteroatoms. The van der Waals surface area contributed by atoms with Crippen molar-refractivity contribution in [1.29, 1.82) is 0 Å². The summed E-state index contributed by atoms with van der Waals surface area (Å²) >= 11 is 0. The molecular weight excluding hydrogens is 342 g/mol. The molecule has 1 N–H and O–H groups in total. The molecule has 6 nitrogen and oxygen atoms in total. The monoisotopic (exact) mass is 365 g/mol. The van der Waals surface area contributed by atoms with Gasteiger partial charge in [0.1, 0.15) is 6.54 Å². The molecule has 0 aliphatic carbocycles. The van der Waals surface area contributed by atoms with E-state index in [2.05, 4.69) is 29.2 Å². The number of fused-ring (bicyclic) bond motifs is 1. The van der Waals surface area contributed by atoms with Gasteiger partial charge in [-0.25, -0.2) is 0 Å². The van der Waals surface area contributed by atoms with E-state index in [0.29, 0.717) is 12.5 Å². The number of aromatic nitrogens is 2. The van der Waals surface area contributed by atoms with E-state index in [0.717, 1.165) is 31.4 Å². The minimum atomic E-state index is -0.250. The van der Waals surface area contributed by atoms with E-state index < -0.39 is 0 Å². The van der Waals surface area contributed by atoms with Crippen molar-refractivity contribution in [3.05, 3.63) is 66.6 Å². The molecular formula is C21H23N3O3. The smallest absolute Gasteiger partial charge is 0.290 e. The highest BCUT2D eigenvalue weighted by atomic mass is 16.3. The molecule has 1 aliphatic heterocycles. The standard InChI is InChI=1S/C20H21N3O.CH2O2/c24-20(15-22-11-8-18-5-1-2-6-19(18)22)23-10-7-17(14-23)12-16-4-3-9-21-13-16;2-1-3/h1-6,8-9,11,13,17H,7,10,12,14-15H2;1H,(H,2,3). The van der Waals surface area contributed by atoms with Crippen molar-refractivity contribution in [2.45, 2.75) is 19.4 Å². The first-order valence-electron chi connectivity index (χ1n) is 8.99. The summed E-state index contributed by atoms with van der Waals surface area (Å²) in [6.45, 7) is 1.89. The van der Waals surface area contributed by atoms with Gasteiger partial charge in [-0.05, 0) is 47.9 Å². The number of benzene rings is 1. The van der Waals surface area contributed by atoms with Crippen molar-refractivity contribution in [1.82, 2.24) is 14.5 Å². The van der Waals surface area contributed by atoms with Gasteiger partial charge in [-0.1, -0.05) is 24.3 Å². The van der Waals surface area contributed by atoms with Crippen LogP contribution in [-0.4, -0.2) is 45.0 Å². The Kier molecular flexibility index (Phi) is 6.20. The van der Waals surface area contributed by atoms with Gasteiger partial charge in [0.15, 0.2) is 0 Å². The summed E-state index contributed by atoms with van der Waals surface area (Å²) in [4.78, 5) is 27.2. The average Bonchev–Trinajstić information content (AvgIpc) is 3.31. The molecule has 1 atom stereocenters. The topological polar surface area (TPSA) is 75.4 Å². The zero-order valence-electron chi connectivity index (χ0n) is 15.1. The van der Waals surface area contributed by atoms with E-state index in [-0.39, 0.29) is 12.4 Å². The number of amides is 1. The first kappa shape index (κ1) is 18.6. The van der Waals surface area contributed by atoms with E-state index in [4.69, 9.17) is 9.90 Å². The van der Waals surface area contributed by atoms with Crippen molar-refractivity contribution in [3.8, 4) is 0 Å². The van der Waals surface area contributed by atoms with Crippen molar-refractivity contribution in [2.24, 2.45) is 5.92 Å². The number of carboxylic acid groups (broad SMARTS) is 1. The Morgan fingerprint density at radius 1 is 1.22 bits per heavy atom. The van der Waals surface area contributed by atoms with Crippen molar-refractivity contribution in [2.75, 3.05) is 13.1 Å². The predicted molar refractivity (Wildman–Crippen MR) is 103 cm³/mol. The molecule has 1 amide bonds. The van der Waals surface area contributed by atoms with Crippen LogP contribution in [0, 0.1) is 5.92 Å². The number of hydrogen-bond acceptors (Lipinski definition) is 3. The van der Waals surface area contributed by atoms with E-state index >= 15 is 0 Å². The number of para-hydroxylation sites is 1. The molecule has 1 unspecified atom stereocenters. The Bertz CT molecular complexity index is 892. The fourth-order valence-corrected chi connectivity index (χ4v) is 3.60. The van der Waals surface area contributed by atoms with Gasteiger partial charge < -0.3 is 14.6 Å². The zero-order valence-corrected chi connectivity index (χ0v) is 15.1. The normalized spacial score (nSPS) is 16.0. The van der Waals surface area contributed by atoms with Crippen LogP contribution in [0.15, 0.2) is 61.1 Å². The lowest BCUT2D eigenvalue weighted by Crippen LogP contribution is -2.31. The summed E-state index contributed by atoms with van der Waals surface area (Å²) in [6, 6.07) is 14.3. The second-order valence-electron chi connectivity index (χ2n) is 6.67. The lowest BCUT2D eigenvalue weighted by molar-refractivity contribution is -0.130. The van der Waals surface area contributed by atoms with Gasteiger partial charge in [0.05, 0.1) is 0 Å². The van der Waals surface area contributed by atoms with E-state index in [1.165, 1.54) is 10.9 Å². The molecule has 1 saturated heterocycles. The summed E-state index contributed by atoms with van der Waals surface area (Å²) in [7, 11) is 0. The maximum absolute atomic E-state index is 12.6. The lowest BCUT2D eigenvalue weighted by atomic mass is 10.0. The van der Waals surface area contributed by atoms with E-state index in [1.54, 1.807) is 6.20 Å². The third-order valence-corrected chi connectivity index (χ3v) is 4.87. The Labute approximate surface area is 158 Å². The maximum atomic E-state index is 12.6. The van der Waals surface area contributed by atoms with Gasteiger partial charge >= 0.3 is 0 Å². The van der Waals surface area contributed by atoms with Crippen LogP contribution in [0.5, 0.6) is 0 Å². The molecule has 0 saturated carbocycles. The molecule has 2 aromatic heterocycles. The van der Waals surface area contributed by atoms with Gasteiger partial charge in [0, 0.05) is 37.2 Å². The minimum Gasteiger partial charge on any atom is -0.483 e. The van der Waals surface area contributed by atoms with E-state index in [9.17, 15) is 4.79 Å². The first-order chi connectivity index (χ1) is 13.2. The van der Waals surface area contributed by atoms with Gasteiger partial charge in [-0.15, -0.1) is 0 Å². The molecule has 0 radical (unpaired) electrons. The van der Waals surface area contributed by atoms with Crippen LogP contribution in [0.25, 0.3) is 10.9 Å². The summed E-state index contributed by atoms with van der Waals surface area (Å²) < 4.78 is 2.05. The van der Waals surface area contributed by atoms with Crippen LogP contribution < -0.4 is 0 Å². The fourth-order valence-electron chi connectivity index (χ4n) is 3.60. The molecule has 0 spiro atoms. The largest absolute Gasteiger partial charge is 0.483 e. The second kappa shape index (κ2) is 8.98. The summed E-state index contributed by atoms with van der Waals surface area (Å²) in [5.74, 6) is 0.754. The third kappa shape index (κ3) is 4.73.